The van der Waals surface area contributed by atoms with Gasteiger partial charge in [0.05, 0.1) is 10.9 Å². The molecule has 0 unspecified atom stereocenters. The Morgan fingerprint density at radius 3 is 2.60 bits per heavy atom. The minimum atomic E-state index is -0.0913. The van der Waals surface area contributed by atoms with Crippen molar-refractivity contribution in [3.8, 4) is 5.75 Å². The minimum Gasteiger partial charge on any atom is -0.484 e. The highest BCUT2D eigenvalue weighted by atomic mass is 35.5. The van der Waals surface area contributed by atoms with Crippen molar-refractivity contribution >= 4 is 34.5 Å². The molecule has 1 aromatic heterocycles. The number of rotatable bonds is 5. The molecule has 20 heavy (non-hydrogen) atoms. The van der Waals surface area contributed by atoms with Crippen molar-refractivity contribution in [2.75, 3.05) is 19.4 Å². The van der Waals surface area contributed by atoms with E-state index in [0.29, 0.717) is 18.0 Å². The number of anilines is 1. The molecule has 0 saturated carbocycles. The van der Waals surface area contributed by atoms with Crippen LogP contribution in [0.15, 0.2) is 36.4 Å². The van der Waals surface area contributed by atoms with E-state index in [2.05, 4.69) is 0 Å². The zero-order valence-corrected chi connectivity index (χ0v) is 12.6. The van der Waals surface area contributed by atoms with Crippen molar-refractivity contribution in [1.29, 1.82) is 0 Å². The molecule has 0 aliphatic rings. The molecule has 0 fully saturated rings. The van der Waals surface area contributed by atoms with Gasteiger partial charge in [0.15, 0.2) is 6.61 Å². The Morgan fingerprint density at radius 2 is 2.00 bits per heavy atom. The maximum atomic E-state index is 11.9. The standard InChI is InChI=1S/C14H15ClN2O2S/c1-17(8-12-6-7-13(15)20-12)14(18)9-19-11-4-2-10(16)3-5-11/h2-7H,8-9,16H2,1H3. The van der Waals surface area contributed by atoms with E-state index < -0.39 is 0 Å². The Balaban J connectivity index is 1.83. The third-order valence-corrected chi connectivity index (χ3v) is 3.91. The number of nitrogens with zero attached hydrogens (tertiary/aromatic N) is 1. The summed E-state index contributed by atoms with van der Waals surface area (Å²) in [6.07, 6.45) is 0. The molecule has 2 rings (SSSR count). The monoisotopic (exact) mass is 310 g/mol. The summed E-state index contributed by atoms with van der Waals surface area (Å²) < 4.78 is 6.14. The van der Waals surface area contributed by atoms with E-state index in [1.807, 2.05) is 12.1 Å². The first-order valence-corrected chi connectivity index (χ1v) is 7.20. The lowest BCUT2D eigenvalue weighted by molar-refractivity contribution is -0.132. The molecular weight excluding hydrogens is 296 g/mol. The summed E-state index contributed by atoms with van der Waals surface area (Å²) in [5.74, 6) is 0.534. The first kappa shape index (κ1) is 14.7. The number of halogens is 1. The van der Waals surface area contributed by atoms with Crippen molar-refractivity contribution in [1.82, 2.24) is 4.90 Å². The highest BCUT2D eigenvalue weighted by Crippen LogP contribution is 2.22. The van der Waals surface area contributed by atoms with E-state index in [-0.39, 0.29) is 12.5 Å². The van der Waals surface area contributed by atoms with Gasteiger partial charge in [-0.15, -0.1) is 11.3 Å². The Bertz CT molecular complexity index is 583. The minimum absolute atomic E-state index is 0.000471. The molecule has 1 aromatic carbocycles. The fraction of sp³-hybridized carbons (Fsp3) is 0.214. The molecule has 0 aliphatic heterocycles. The molecule has 4 nitrogen and oxygen atoms in total. The van der Waals surface area contributed by atoms with Crippen LogP contribution < -0.4 is 10.5 Å². The van der Waals surface area contributed by atoms with E-state index in [1.54, 1.807) is 36.2 Å². The van der Waals surface area contributed by atoms with Crippen LogP contribution in [0.5, 0.6) is 5.75 Å². The van der Waals surface area contributed by atoms with Crippen molar-refractivity contribution in [2.24, 2.45) is 0 Å². The highest BCUT2D eigenvalue weighted by molar-refractivity contribution is 7.16. The number of carbonyl (C=O) groups is 1. The molecule has 0 saturated heterocycles. The van der Waals surface area contributed by atoms with Gasteiger partial charge >= 0.3 is 0 Å². The van der Waals surface area contributed by atoms with Gasteiger partial charge in [0.25, 0.3) is 5.91 Å². The zero-order valence-electron chi connectivity index (χ0n) is 11.0. The molecule has 0 atom stereocenters. The topological polar surface area (TPSA) is 55.6 Å². The Morgan fingerprint density at radius 1 is 1.30 bits per heavy atom. The summed E-state index contributed by atoms with van der Waals surface area (Å²) in [7, 11) is 1.74. The van der Waals surface area contributed by atoms with Gasteiger partial charge in [0.1, 0.15) is 5.75 Å². The molecular formula is C14H15ClN2O2S. The second-order valence-corrected chi connectivity index (χ2v) is 6.11. The number of nitrogen functional groups attached to an aromatic ring is 1. The normalized spacial score (nSPS) is 10.3. The second kappa shape index (κ2) is 6.63. The predicted molar refractivity (Wildman–Crippen MR) is 82.2 cm³/mol. The maximum Gasteiger partial charge on any atom is 0.260 e. The number of likely N-dealkylation sites (N-methyl/N-ethyl adjacent to an activating group) is 1. The number of amides is 1. The fourth-order valence-corrected chi connectivity index (χ4v) is 2.72. The highest BCUT2D eigenvalue weighted by Gasteiger charge is 2.11. The van der Waals surface area contributed by atoms with Crippen LogP contribution in [0.2, 0.25) is 4.34 Å². The van der Waals surface area contributed by atoms with Crippen molar-refractivity contribution in [3.05, 3.63) is 45.6 Å². The summed E-state index contributed by atoms with van der Waals surface area (Å²) in [6, 6.07) is 10.7. The summed E-state index contributed by atoms with van der Waals surface area (Å²) >= 11 is 7.32. The molecule has 0 radical (unpaired) electrons. The molecule has 2 N–H and O–H groups in total. The Labute approximate surface area is 126 Å². The number of hydrogen-bond donors (Lipinski definition) is 1. The van der Waals surface area contributed by atoms with Gasteiger partial charge in [-0.3, -0.25) is 4.79 Å². The SMILES string of the molecule is CN(Cc1ccc(Cl)s1)C(=O)COc1ccc(N)cc1. The summed E-state index contributed by atoms with van der Waals surface area (Å²) in [4.78, 5) is 14.6. The fourth-order valence-electron chi connectivity index (χ4n) is 1.58. The van der Waals surface area contributed by atoms with Crippen LogP contribution in [0.1, 0.15) is 4.88 Å². The van der Waals surface area contributed by atoms with E-state index in [9.17, 15) is 4.79 Å². The van der Waals surface area contributed by atoms with Gasteiger partial charge in [0.2, 0.25) is 0 Å². The predicted octanol–water partition coefficient (Wildman–Crippen LogP) is 3.02. The van der Waals surface area contributed by atoms with Crippen LogP contribution in [-0.4, -0.2) is 24.5 Å². The largest absolute Gasteiger partial charge is 0.484 e. The van der Waals surface area contributed by atoms with Crippen LogP contribution in [-0.2, 0) is 11.3 Å². The average molecular weight is 311 g/mol. The van der Waals surface area contributed by atoms with E-state index >= 15 is 0 Å². The maximum absolute atomic E-state index is 11.9. The zero-order chi connectivity index (χ0) is 14.5. The van der Waals surface area contributed by atoms with Crippen LogP contribution >= 0.6 is 22.9 Å². The van der Waals surface area contributed by atoms with Crippen molar-refractivity contribution in [3.63, 3.8) is 0 Å². The van der Waals surface area contributed by atoms with Crippen LogP contribution in [0.25, 0.3) is 0 Å². The first-order valence-electron chi connectivity index (χ1n) is 6.01. The third kappa shape index (κ3) is 4.15. The van der Waals surface area contributed by atoms with E-state index in [1.165, 1.54) is 11.3 Å². The van der Waals surface area contributed by atoms with Crippen LogP contribution in [0, 0.1) is 0 Å². The molecule has 0 spiro atoms. The van der Waals surface area contributed by atoms with Gasteiger partial charge in [0, 0.05) is 17.6 Å². The Kier molecular flexibility index (Phi) is 4.87. The average Bonchev–Trinajstić information content (AvgIpc) is 2.83. The van der Waals surface area contributed by atoms with E-state index in [0.717, 1.165) is 9.21 Å². The molecule has 2 aromatic rings. The lowest BCUT2D eigenvalue weighted by Gasteiger charge is -2.16. The van der Waals surface area contributed by atoms with Crippen molar-refractivity contribution in [2.45, 2.75) is 6.54 Å². The number of ether oxygens (including phenoxy) is 1. The van der Waals surface area contributed by atoms with Gasteiger partial charge in [-0.1, -0.05) is 11.6 Å². The molecule has 106 valence electrons. The summed E-state index contributed by atoms with van der Waals surface area (Å²) in [5, 5.41) is 0. The van der Waals surface area contributed by atoms with Gasteiger partial charge < -0.3 is 15.4 Å². The third-order valence-electron chi connectivity index (χ3n) is 2.69. The summed E-state index contributed by atoms with van der Waals surface area (Å²) in [6.45, 7) is 0.529. The smallest absolute Gasteiger partial charge is 0.260 e. The first-order chi connectivity index (χ1) is 9.54. The number of thiophene rings is 1. The van der Waals surface area contributed by atoms with Crippen LogP contribution in [0.4, 0.5) is 5.69 Å². The van der Waals surface area contributed by atoms with Gasteiger partial charge in [-0.25, -0.2) is 0 Å². The van der Waals surface area contributed by atoms with E-state index in [4.69, 9.17) is 22.1 Å². The Hall–Kier alpha value is -1.72. The molecule has 6 heteroatoms. The lowest BCUT2D eigenvalue weighted by Crippen LogP contribution is -2.30. The molecule has 0 bridgehead atoms. The number of benzene rings is 1. The van der Waals surface area contributed by atoms with Crippen molar-refractivity contribution < 1.29 is 9.53 Å². The molecule has 1 heterocycles. The lowest BCUT2D eigenvalue weighted by atomic mass is 10.3. The quantitative estimate of drug-likeness (QED) is 0.864. The molecule has 0 aliphatic carbocycles. The number of hydrogen-bond acceptors (Lipinski definition) is 4. The van der Waals surface area contributed by atoms with Gasteiger partial charge in [-0.2, -0.15) is 0 Å². The second-order valence-electron chi connectivity index (χ2n) is 4.31. The van der Waals surface area contributed by atoms with Gasteiger partial charge in [-0.05, 0) is 36.4 Å². The molecule has 1 amide bonds. The van der Waals surface area contributed by atoms with Crippen LogP contribution in [0.3, 0.4) is 0 Å². The summed E-state index contributed by atoms with van der Waals surface area (Å²) in [5.41, 5.74) is 6.24. The number of nitrogens with two attached hydrogens (primary N) is 1. The number of carbonyl (C=O) groups excluding carboxylic acids is 1.